The predicted octanol–water partition coefficient (Wildman–Crippen LogP) is 4.21. The Labute approximate surface area is 144 Å². The third-order valence-electron chi connectivity index (χ3n) is 2.24. The number of alkyl carbamates (subject to hydrolysis) is 1. The van der Waals surface area contributed by atoms with Gasteiger partial charge in [0.2, 0.25) is 0 Å². The fourth-order valence-electron chi connectivity index (χ4n) is 1.39. The summed E-state index contributed by atoms with van der Waals surface area (Å²) in [6, 6.07) is 9.64. The molecule has 0 fully saturated rings. The summed E-state index contributed by atoms with van der Waals surface area (Å²) in [6.07, 6.45) is -0.583. The summed E-state index contributed by atoms with van der Waals surface area (Å²) < 4.78 is 21.8. The molecule has 2 N–H and O–H groups in total. The van der Waals surface area contributed by atoms with E-state index in [-0.39, 0.29) is 13.2 Å². The fraction of sp³-hybridized carbons (Fsp3) is 0.500. The van der Waals surface area contributed by atoms with Crippen LogP contribution in [-0.2, 0) is 19.6 Å². The molecule has 0 heterocycles. The minimum Gasteiger partial charge on any atom is -0.444 e. The Hall–Kier alpha value is -0.660. The summed E-state index contributed by atoms with van der Waals surface area (Å²) in [5.74, 6) is 0.607. The molecule has 1 unspecified atom stereocenters. The Morgan fingerprint density at radius 3 is 2.57 bits per heavy atom. The maximum Gasteiger partial charge on any atom is 0.407 e. The van der Waals surface area contributed by atoms with Gasteiger partial charge in [-0.1, -0.05) is 41.1 Å². The normalized spacial score (nSPS) is 14.1. The van der Waals surface area contributed by atoms with Crippen LogP contribution in [0.4, 0.5) is 4.79 Å². The maximum atomic E-state index is 11.8. The molecule has 1 aromatic carbocycles. The lowest BCUT2D eigenvalue weighted by Crippen LogP contribution is -2.34. The van der Waals surface area contributed by atoms with Crippen LogP contribution in [0.2, 0.25) is 0 Å². The second kappa shape index (κ2) is 9.59. The van der Waals surface area contributed by atoms with Crippen molar-refractivity contribution in [3.63, 3.8) is 0 Å². The van der Waals surface area contributed by atoms with E-state index in [0.717, 1.165) is 16.0 Å². The molecule has 1 aromatic rings. The number of benzene rings is 1. The molecule has 23 heavy (non-hydrogen) atoms. The van der Waals surface area contributed by atoms with Crippen molar-refractivity contribution in [1.82, 2.24) is 5.32 Å². The molecule has 0 aromatic heterocycles. The van der Waals surface area contributed by atoms with Gasteiger partial charge < -0.3 is 14.9 Å². The zero-order chi connectivity index (χ0) is 17.3. The Morgan fingerprint density at radius 2 is 1.96 bits per heavy atom. The lowest BCUT2D eigenvalue weighted by atomic mass is 10.2. The number of carbonyl (C=O) groups is 1. The molecule has 0 bridgehead atoms. The molecular formula is C14H22NO5PS2. The van der Waals surface area contributed by atoms with Gasteiger partial charge >= 0.3 is 12.9 Å². The summed E-state index contributed by atoms with van der Waals surface area (Å²) in [5.41, 5.74) is 0.484. The summed E-state index contributed by atoms with van der Waals surface area (Å²) in [4.78, 5) is 21.1. The minimum absolute atomic E-state index is 0.0636. The quantitative estimate of drug-likeness (QED) is 0.397. The van der Waals surface area contributed by atoms with Gasteiger partial charge in [0.1, 0.15) is 5.60 Å². The van der Waals surface area contributed by atoms with E-state index < -0.39 is 18.5 Å². The Morgan fingerprint density at radius 1 is 1.30 bits per heavy atom. The molecule has 9 heteroatoms. The molecule has 1 amide bonds. The number of nitrogens with one attached hydrogen (secondary N) is 1. The van der Waals surface area contributed by atoms with E-state index in [1.807, 2.05) is 30.3 Å². The van der Waals surface area contributed by atoms with Gasteiger partial charge in [-0.3, -0.25) is 4.52 Å². The first-order valence-electron chi connectivity index (χ1n) is 6.97. The van der Waals surface area contributed by atoms with Crippen molar-refractivity contribution in [1.29, 1.82) is 0 Å². The highest BCUT2D eigenvalue weighted by molar-refractivity contribution is 8.98. The van der Waals surface area contributed by atoms with Crippen molar-refractivity contribution in [3.05, 3.63) is 35.9 Å². The van der Waals surface area contributed by atoms with Gasteiger partial charge in [-0.15, -0.1) is 0 Å². The van der Waals surface area contributed by atoms with Gasteiger partial charge in [0, 0.05) is 22.7 Å². The number of hydrogen-bond donors (Lipinski definition) is 2. The molecule has 1 rings (SSSR count). The standard InChI is InChI=1S/C14H22NO5PS2/c1-14(2,3)20-13(16)15-9-10-19-21(17,18)23-22-11-12-7-5-4-6-8-12/h4-8H,9-11H2,1-3H3,(H,15,16)(H,17,18). The SMILES string of the molecule is CC(C)(C)OC(=O)NCCOP(=O)(O)SSCc1ccccc1. The maximum absolute atomic E-state index is 11.8. The lowest BCUT2D eigenvalue weighted by Gasteiger charge is -2.19. The van der Waals surface area contributed by atoms with Crippen molar-refractivity contribution in [2.24, 2.45) is 0 Å². The Balaban J connectivity index is 2.17. The molecule has 0 spiro atoms. The molecule has 130 valence electrons. The van der Waals surface area contributed by atoms with Crippen LogP contribution in [0.3, 0.4) is 0 Å². The van der Waals surface area contributed by atoms with Crippen molar-refractivity contribution in [2.45, 2.75) is 32.1 Å². The van der Waals surface area contributed by atoms with E-state index in [0.29, 0.717) is 5.75 Å². The van der Waals surface area contributed by atoms with E-state index >= 15 is 0 Å². The van der Waals surface area contributed by atoms with Gasteiger partial charge in [-0.05, 0) is 26.3 Å². The van der Waals surface area contributed by atoms with Crippen molar-refractivity contribution < 1.29 is 23.5 Å². The molecule has 0 radical (unpaired) electrons. The molecular weight excluding hydrogens is 357 g/mol. The van der Waals surface area contributed by atoms with E-state index in [9.17, 15) is 14.3 Å². The van der Waals surface area contributed by atoms with Crippen LogP contribution < -0.4 is 5.32 Å². The zero-order valence-corrected chi connectivity index (χ0v) is 15.9. The lowest BCUT2D eigenvalue weighted by molar-refractivity contribution is 0.0519. The Kier molecular flexibility index (Phi) is 8.50. The first-order chi connectivity index (χ1) is 10.7. The first-order valence-corrected chi connectivity index (χ1v) is 11.5. The number of ether oxygens (including phenoxy) is 1. The van der Waals surface area contributed by atoms with Gasteiger partial charge in [0.05, 0.1) is 6.61 Å². The van der Waals surface area contributed by atoms with Crippen molar-refractivity contribution in [3.8, 4) is 0 Å². The molecule has 0 saturated carbocycles. The topological polar surface area (TPSA) is 84.9 Å². The van der Waals surface area contributed by atoms with Crippen LogP contribution in [0.15, 0.2) is 30.3 Å². The average molecular weight is 379 g/mol. The summed E-state index contributed by atoms with van der Waals surface area (Å²) in [7, 11) is 2.06. The average Bonchev–Trinajstić information content (AvgIpc) is 2.43. The second-order valence-electron chi connectivity index (χ2n) is 5.55. The van der Waals surface area contributed by atoms with Gasteiger partial charge in [-0.2, -0.15) is 0 Å². The van der Waals surface area contributed by atoms with Crippen LogP contribution in [0.1, 0.15) is 26.3 Å². The van der Waals surface area contributed by atoms with Crippen LogP contribution in [-0.4, -0.2) is 29.7 Å². The van der Waals surface area contributed by atoms with Crippen LogP contribution >= 0.6 is 28.0 Å². The molecule has 1 atom stereocenters. The summed E-state index contributed by atoms with van der Waals surface area (Å²) in [6.45, 7) is 1.56. The minimum atomic E-state index is -3.74. The number of amides is 1. The monoisotopic (exact) mass is 379 g/mol. The number of carbonyl (C=O) groups excluding carboxylic acids is 1. The third-order valence-corrected chi connectivity index (χ3v) is 7.69. The highest BCUT2D eigenvalue weighted by Gasteiger charge is 2.21. The Bertz CT molecular complexity index is 536. The highest BCUT2D eigenvalue weighted by atomic mass is 33.3. The smallest absolute Gasteiger partial charge is 0.407 e. The highest BCUT2D eigenvalue weighted by Crippen LogP contribution is 2.61. The van der Waals surface area contributed by atoms with Crippen LogP contribution in [0.5, 0.6) is 0 Å². The molecule has 0 saturated heterocycles. The zero-order valence-electron chi connectivity index (χ0n) is 13.4. The molecule has 0 aliphatic carbocycles. The van der Waals surface area contributed by atoms with E-state index in [2.05, 4.69) is 5.32 Å². The van der Waals surface area contributed by atoms with E-state index in [1.54, 1.807) is 20.8 Å². The third kappa shape index (κ3) is 10.7. The largest absolute Gasteiger partial charge is 0.444 e. The number of rotatable bonds is 8. The van der Waals surface area contributed by atoms with Crippen LogP contribution in [0, 0.1) is 0 Å². The first kappa shape index (κ1) is 20.4. The molecule has 6 nitrogen and oxygen atoms in total. The molecule has 0 aliphatic rings. The van der Waals surface area contributed by atoms with Crippen molar-refractivity contribution >= 4 is 34.1 Å². The van der Waals surface area contributed by atoms with Gasteiger partial charge in [-0.25, -0.2) is 9.36 Å². The summed E-state index contributed by atoms with van der Waals surface area (Å²) >= 11 is 0. The van der Waals surface area contributed by atoms with Crippen molar-refractivity contribution in [2.75, 3.05) is 13.2 Å². The number of hydrogen-bond acceptors (Lipinski definition) is 6. The second-order valence-corrected chi connectivity index (χ2v) is 11.3. The predicted molar refractivity (Wildman–Crippen MR) is 95.3 cm³/mol. The fourth-order valence-corrected chi connectivity index (χ4v) is 5.64. The van der Waals surface area contributed by atoms with Crippen LogP contribution in [0.25, 0.3) is 0 Å². The van der Waals surface area contributed by atoms with Gasteiger partial charge in [0.15, 0.2) is 0 Å². The van der Waals surface area contributed by atoms with Gasteiger partial charge in [0.25, 0.3) is 0 Å². The van der Waals surface area contributed by atoms with E-state index in [4.69, 9.17) is 9.26 Å². The van der Waals surface area contributed by atoms with E-state index in [1.165, 1.54) is 10.8 Å². The molecule has 0 aliphatic heterocycles. The summed E-state index contributed by atoms with van der Waals surface area (Å²) in [5, 5.41) is 2.46.